The summed E-state index contributed by atoms with van der Waals surface area (Å²) in [6, 6.07) is 14.1. The van der Waals surface area contributed by atoms with Gasteiger partial charge in [0.05, 0.1) is 9.77 Å². The Balaban J connectivity index is 1.53. The van der Waals surface area contributed by atoms with Gasteiger partial charge < -0.3 is 4.74 Å². The second kappa shape index (κ2) is 8.86. The number of fused-ring (bicyclic) bond motifs is 1. The summed E-state index contributed by atoms with van der Waals surface area (Å²) in [5.74, 6) is -0.678. The van der Waals surface area contributed by atoms with Crippen LogP contribution in [-0.2, 0) is 26.0 Å². The lowest BCUT2D eigenvalue weighted by atomic mass is 10.1. The van der Waals surface area contributed by atoms with E-state index in [0.717, 1.165) is 21.2 Å². The first-order valence-corrected chi connectivity index (χ1v) is 11.3. The molecule has 0 bridgehead atoms. The van der Waals surface area contributed by atoms with Crippen molar-refractivity contribution >= 4 is 43.2 Å². The van der Waals surface area contributed by atoms with Gasteiger partial charge >= 0.3 is 5.97 Å². The van der Waals surface area contributed by atoms with E-state index in [1.807, 2.05) is 31.2 Å². The van der Waals surface area contributed by atoms with Gasteiger partial charge in [-0.2, -0.15) is 0 Å². The zero-order valence-corrected chi connectivity index (χ0v) is 17.7. The first-order chi connectivity index (χ1) is 13.8. The molecule has 1 heterocycles. The molecule has 0 aliphatic heterocycles. The predicted molar refractivity (Wildman–Crippen MR) is 113 cm³/mol. The Kier molecular flexibility index (Phi) is 6.46. The molecule has 0 aliphatic rings. The highest BCUT2D eigenvalue weighted by Gasteiger charge is 2.17. The van der Waals surface area contributed by atoms with Gasteiger partial charge in [-0.3, -0.25) is 9.59 Å². The van der Waals surface area contributed by atoms with Gasteiger partial charge in [-0.1, -0.05) is 30.3 Å². The molecule has 2 aromatic carbocycles. The summed E-state index contributed by atoms with van der Waals surface area (Å²) >= 11 is 1.40. The van der Waals surface area contributed by atoms with Crippen LogP contribution in [0.4, 0.5) is 0 Å². The number of nitrogens with one attached hydrogen (secondary N) is 1. The molecule has 0 spiro atoms. The molecule has 0 radical (unpaired) electrons. The van der Waals surface area contributed by atoms with Crippen molar-refractivity contribution in [2.24, 2.45) is 0 Å². The standard InChI is InChI=1S/C21H21NO5S2/c1-14-17-5-3-4-6-19(17)28-21(14)18(23)13-27-20(24)12-9-15-7-10-16(11-8-15)29(25,26)22-2/h3-8,10-11,22H,9,12-13H2,1-2H3. The molecule has 1 aromatic heterocycles. The molecule has 152 valence electrons. The monoisotopic (exact) mass is 431 g/mol. The van der Waals surface area contributed by atoms with Crippen molar-refractivity contribution in [3.05, 3.63) is 64.5 Å². The molecule has 3 rings (SSSR count). The topological polar surface area (TPSA) is 89.5 Å². The van der Waals surface area contributed by atoms with Gasteiger partial charge in [0.15, 0.2) is 6.61 Å². The van der Waals surface area contributed by atoms with Crippen molar-refractivity contribution in [3.63, 3.8) is 0 Å². The lowest BCUT2D eigenvalue weighted by Crippen LogP contribution is -2.18. The van der Waals surface area contributed by atoms with E-state index in [4.69, 9.17) is 4.74 Å². The predicted octanol–water partition coefficient (Wildman–Crippen LogP) is 3.48. The maximum Gasteiger partial charge on any atom is 0.306 e. The van der Waals surface area contributed by atoms with Gasteiger partial charge in [-0.05, 0) is 55.1 Å². The molecular formula is C21H21NO5S2. The van der Waals surface area contributed by atoms with Crippen molar-refractivity contribution in [2.75, 3.05) is 13.7 Å². The van der Waals surface area contributed by atoms with Crippen LogP contribution in [0.2, 0.25) is 0 Å². The lowest BCUT2D eigenvalue weighted by molar-refractivity contribution is -0.142. The number of benzene rings is 2. The minimum Gasteiger partial charge on any atom is -0.457 e. The van der Waals surface area contributed by atoms with E-state index in [9.17, 15) is 18.0 Å². The molecule has 0 unspecified atom stereocenters. The fraction of sp³-hybridized carbons (Fsp3) is 0.238. The van der Waals surface area contributed by atoms with E-state index < -0.39 is 16.0 Å². The van der Waals surface area contributed by atoms with Crippen molar-refractivity contribution in [2.45, 2.75) is 24.7 Å². The van der Waals surface area contributed by atoms with Crippen molar-refractivity contribution in [1.82, 2.24) is 4.72 Å². The molecule has 3 aromatic rings. The number of ether oxygens (including phenoxy) is 1. The second-order valence-electron chi connectivity index (χ2n) is 6.49. The number of carbonyl (C=O) groups excluding carboxylic acids is 2. The van der Waals surface area contributed by atoms with Gasteiger partial charge in [-0.15, -0.1) is 11.3 Å². The maximum absolute atomic E-state index is 12.4. The Morgan fingerprint density at radius 3 is 2.41 bits per heavy atom. The number of rotatable bonds is 8. The van der Waals surface area contributed by atoms with Gasteiger partial charge in [0.25, 0.3) is 0 Å². The minimum atomic E-state index is -3.48. The first-order valence-electron chi connectivity index (χ1n) is 9.01. The second-order valence-corrected chi connectivity index (χ2v) is 9.43. The van der Waals surface area contributed by atoms with Crippen LogP contribution < -0.4 is 4.72 Å². The third kappa shape index (κ3) is 4.90. The van der Waals surface area contributed by atoms with E-state index in [1.54, 1.807) is 12.1 Å². The van der Waals surface area contributed by atoms with E-state index in [2.05, 4.69) is 4.72 Å². The highest BCUT2D eigenvalue weighted by atomic mass is 32.2. The van der Waals surface area contributed by atoms with E-state index in [-0.39, 0.29) is 23.7 Å². The summed E-state index contributed by atoms with van der Waals surface area (Å²) in [6.07, 6.45) is 0.506. The molecule has 8 heteroatoms. The molecule has 6 nitrogen and oxygen atoms in total. The molecule has 0 saturated carbocycles. The fourth-order valence-corrected chi connectivity index (χ4v) is 4.79. The highest BCUT2D eigenvalue weighted by Crippen LogP contribution is 2.30. The van der Waals surface area contributed by atoms with Crippen molar-refractivity contribution in [1.29, 1.82) is 0 Å². The van der Waals surface area contributed by atoms with E-state index in [1.165, 1.54) is 30.5 Å². The number of esters is 1. The maximum atomic E-state index is 12.4. The van der Waals surface area contributed by atoms with Crippen LogP contribution in [0.3, 0.4) is 0 Å². The number of Topliss-reactive ketones (excluding diaryl/α,β-unsaturated/α-hetero) is 1. The molecule has 0 aliphatic carbocycles. The van der Waals surface area contributed by atoms with Crippen LogP contribution in [0.1, 0.15) is 27.2 Å². The first kappa shape index (κ1) is 21.2. The number of thiophene rings is 1. The molecule has 29 heavy (non-hydrogen) atoms. The number of hydrogen-bond acceptors (Lipinski definition) is 6. The van der Waals surface area contributed by atoms with Crippen LogP contribution in [0.15, 0.2) is 53.4 Å². The average molecular weight is 432 g/mol. The smallest absolute Gasteiger partial charge is 0.306 e. The Hall–Kier alpha value is -2.55. The molecule has 0 fully saturated rings. The Morgan fingerprint density at radius 1 is 1.07 bits per heavy atom. The summed E-state index contributed by atoms with van der Waals surface area (Å²) in [4.78, 5) is 25.2. The average Bonchev–Trinajstić information content (AvgIpc) is 3.07. The summed E-state index contributed by atoms with van der Waals surface area (Å²) in [6.45, 7) is 1.61. The van der Waals surface area contributed by atoms with Crippen LogP contribution in [0.25, 0.3) is 10.1 Å². The van der Waals surface area contributed by atoms with E-state index in [0.29, 0.717) is 11.3 Å². The van der Waals surface area contributed by atoms with Crippen LogP contribution in [0, 0.1) is 6.92 Å². The zero-order valence-electron chi connectivity index (χ0n) is 16.1. The van der Waals surface area contributed by atoms with Gasteiger partial charge in [0.1, 0.15) is 0 Å². The van der Waals surface area contributed by atoms with Crippen molar-refractivity contribution < 1.29 is 22.7 Å². The van der Waals surface area contributed by atoms with Gasteiger partial charge in [0.2, 0.25) is 15.8 Å². The molecule has 0 amide bonds. The zero-order chi connectivity index (χ0) is 21.0. The number of ketones is 1. The number of sulfonamides is 1. The molecule has 0 saturated heterocycles. The Morgan fingerprint density at radius 2 is 1.76 bits per heavy atom. The van der Waals surface area contributed by atoms with Crippen molar-refractivity contribution in [3.8, 4) is 0 Å². The van der Waals surface area contributed by atoms with E-state index >= 15 is 0 Å². The van der Waals surface area contributed by atoms with Crippen LogP contribution >= 0.6 is 11.3 Å². The van der Waals surface area contributed by atoms with Gasteiger partial charge in [0, 0.05) is 11.1 Å². The Labute approximate surface area is 173 Å². The summed E-state index contributed by atoms with van der Waals surface area (Å²) < 4.78 is 31.8. The quantitative estimate of drug-likeness (QED) is 0.436. The molecule has 1 N–H and O–H groups in total. The van der Waals surface area contributed by atoms with Gasteiger partial charge in [-0.25, -0.2) is 13.1 Å². The number of carbonyl (C=O) groups is 2. The third-order valence-corrected chi connectivity index (χ3v) is 7.33. The van der Waals surface area contributed by atoms with Crippen LogP contribution in [0.5, 0.6) is 0 Å². The SMILES string of the molecule is CNS(=O)(=O)c1ccc(CCC(=O)OCC(=O)c2sc3ccccc3c2C)cc1. The third-order valence-electron chi connectivity index (χ3n) is 4.58. The normalized spacial score (nSPS) is 11.5. The molecule has 0 atom stereocenters. The lowest BCUT2D eigenvalue weighted by Gasteiger charge is -2.06. The number of aryl methyl sites for hydroxylation is 2. The summed E-state index contributed by atoms with van der Waals surface area (Å²) in [5.41, 5.74) is 1.71. The van der Waals surface area contributed by atoms with Crippen LogP contribution in [-0.4, -0.2) is 33.8 Å². The minimum absolute atomic E-state index is 0.108. The molecular weight excluding hydrogens is 410 g/mol. The fourth-order valence-electron chi connectivity index (χ4n) is 2.92. The number of hydrogen-bond donors (Lipinski definition) is 1. The highest BCUT2D eigenvalue weighted by molar-refractivity contribution is 7.89. The largest absolute Gasteiger partial charge is 0.457 e. The Bertz CT molecular complexity index is 1150. The summed E-state index contributed by atoms with van der Waals surface area (Å²) in [5, 5.41) is 1.04. The summed E-state index contributed by atoms with van der Waals surface area (Å²) in [7, 11) is -2.13.